The standard InChI is InChI=1S/C16H19N7O2/c1-4-12-18-13(21-25-12)11-6-5-7-22(11)15(24)14-19-16-17-9(2)8-10(3)23(16)20-14/h8,11H,4-7H2,1-3H3. The highest BCUT2D eigenvalue weighted by Crippen LogP contribution is 2.31. The van der Waals surface area contributed by atoms with Gasteiger partial charge in [-0.25, -0.2) is 9.50 Å². The first-order chi connectivity index (χ1) is 12.1. The van der Waals surface area contributed by atoms with Gasteiger partial charge in [0.15, 0.2) is 5.82 Å². The van der Waals surface area contributed by atoms with Crippen LogP contribution in [0.5, 0.6) is 0 Å². The van der Waals surface area contributed by atoms with E-state index in [1.807, 2.05) is 26.8 Å². The van der Waals surface area contributed by atoms with Crippen molar-refractivity contribution < 1.29 is 9.32 Å². The third-order valence-corrected chi connectivity index (χ3v) is 4.41. The molecule has 3 aromatic rings. The van der Waals surface area contributed by atoms with Crippen molar-refractivity contribution >= 4 is 11.7 Å². The molecule has 0 saturated carbocycles. The predicted molar refractivity (Wildman–Crippen MR) is 86.9 cm³/mol. The van der Waals surface area contributed by atoms with Crippen molar-refractivity contribution in [3.05, 3.63) is 35.0 Å². The fraction of sp³-hybridized carbons (Fsp3) is 0.500. The first kappa shape index (κ1) is 15.7. The molecule has 0 bridgehead atoms. The first-order valence-corrected chi connectivity index (χ1v) is 8.41. The van der Waals surface area contributed by atoms with Crippen molar-refractivity contribution in [3.63, 3.8) is 0 Å². The van der Waals surface area contributed by atoms with Gasteiger partial charge in [-0.15, -0.1) is 5.10 Å². The van der Waals surface area contributed by atoms with Crippen LogP contribution in [0.4, 0.5) is 0 Å². The largest absolute Gasteiger partial charge is 0.339 e. The number of carbonyl (C=O) groups is 1. The molecule has 1 aliphatic heterocycles. The summed E-state index contributed by atoms with van der Waals surface area (Å²) < 4.78 is 6.78. The van der Waals surface area contributed by atoms with Crippen LogP contribution in [0, 0.1) is 13.8 Å². The van der Waals surface area contributed by atoms with Gasteiger partial charge in [-0.2, -0.15) is 9.97 Å². The fourth-order valence-electron chi connectivity index (χ4n) is 3.21. The number of aromatic nitrogens is 6. The zero-order valence-corrected chi connectivity index (χ0v) is 14.4. The van der Waals surface area contributed by atoms with Gasteiger partial charge >= 0.3 is 0 Å². The molecule has 1 aliphatic rings. The maximum absolute atomic E-state index is 12.9. The van der Waals surface area contributed by atoms with Gasteiger partial charge in [-0.3, -0.25) is 4.79 Å². The Labute approximate surface area is 144 Å². The molecule has 4 rings (SSSR count). The Hall–Kier alpha value is -2.84. The van der Waals surface area contributed by atoms with Gasteiger partial charge in [0.2, 0.25) is 11.7 Å². The quantitative estimate of drug-likeness (QED) is 0.714. The zero-order chi connectivity index (χ0) is 17.6. The van der Waals surface area contributed by atoms with Crippen LogP contribution < -0.4 is 0 Å². The number of hydrogen-bond acceptors (Lipinski definition) is 7. The Kier molecular flexibility index (Phi) is 3.70. The van der Waals surface area contributed by atoms with Gasteiger partial charge in [0, 0.05) is 24.4 Å². The molecule has 0 radical (unpaired) electrons. The van der Waals surface area contributed by atoms with E-state index in [4.69, 9.17) is 4.52 Å². The van der Waals surface area contributed by atoms with Gasteiger partial charge < -0.3 is 9.42 Å². The monoisotopic (exact) mass is 341 g/mol. The highest BCUT2D eigenvalue weighted by Gasteiger charge is 2.35. The molecule has 4 heterocycles. The SMILES string of the molecule is CCc1nc(C2CCCN2C(=O)c2nc3nc(C)cc(C)n3n2)no1. The smallest absolute Gasteiger partial charge is 0.294 e. The van der Waals surface area contributed by atoms with Gasteiger partial charge in [0.25, 0.3) is 11.7 Å². The van der Waals surface area contributed by atoms with E-state index < -0.39 is 0 Å². The lowest BCUT2D eigenvalue weighted by atomic mass is 10.2. The first-order valence-electron chi connectivity index (χ1n) is 8.41. The minimum atomic E-state index is -0.229. The van der Waals surface area contributed by atoms with E-state index in [1.165, 1.54) is 0 Å². The number of fused-ring (bicyclic) bond motifs is 1. The summed E-state index contributed by atoms with van der Waals surface area (Å²) in [6.07, 6.45) is 2.36. The zero-order valence-electron chi connectivity index (χ0n) is 14.4. The average molecular weight is 341 g/mol. The second-order valence-corrected chi connectivity index (χ2v) is 6.24. The van der Waals surface area contributed by atoms with Crippen LogP contribution in [0.15, 0.2) is 10.6 Å². The maximum atomic E-state index is 12.9. The Morgan fingerprint density at radius 2 is 2.16 bits per heavy atom. The van der Waals surface area contributed by atoms with E-state index in [-0.39, 0.29) is 17.8 Å². The van der Waals surface area contributed by atoms with Crippen LogP contribution in [-0.4, -0.2) is 47.1 Å². The number of likely N-dealkylation sites (tertiary alicyclic amines) is 1. The Morgan fingerprint density at radius 1 is 1.32 bits per heavy atom. The third-order valence-electron chi connectivity index (χ3n) is 4.41. The molecule has 9 nitrogen and oxygen atoms in total. The topological polar surface area (TPSA) is 102 Å². The Balaban J connectivity index is 1.66. The van der Waals surface area contributed by atoms with Crippen LogP contribution in [0.25, 0.3) is 5.78 Å². The molecule has 1 saturated heterocycles. The lowest BCUT2D eigenvalue weighted by molar-refractivity contribution is 0.0716. The molecule has 25 heavy (non-hydrogen) atoms. The lowest BCUT2D eigenvalue weighted by Crippen LogP contribution is -2.32. The summed E-state index contributed by atoms with van der Waals surface area (Å²) in [4.78, 5) is 27.7. The van der Waals surface area contributed by atoms with Gasteiger partial charge in [0.05, 0.1) is 6.04 Å². The molecule has 1 amide bonds. The normalized spacial score (nSPS) is 17.6. The predicted octanol–water partition coefficient (Wildman–Crippen LogP) is 1.66. The number of amides is 1. The summed E-state index contributed by atoms with van der Waals surface area (Å²) in [6, 6.07) is 1.71. The van der Waals surface area contributed by atoms with Crippen molar-refractivity contribution in [1.82, 2.24) is 34.6 Å². The van der Waals surface area contributed by atoms with Crippen molar-refractivity contribution in [2.24, 2.45) is 0 Å². The number of aryl methyl sites for hydroxylation is 3. The molecule has 1 unspecified atom stereocenters. The Morgan fingerprint density at radius 3 is 2.92 bits per heavy atom. The highest BCUT2D eigenvalue weighted by atomic mass is 16.5. The molecular formula is C16H19N7O2. The second kappa shape index (κ2) is 5.91. The van der Waals surface area contributed by atoms with E-state index in [9.17, 15) is 4.79 Å². The molecular weight excluding hydrogens is 322 g/mol. The maximum Gasteiger partial charge on any atom is 0.294 e. The Bertz CT molecular complexity index is 945. The molecule has 1 atom stereocenters. The average Bonchev–Trinajstić information content (AvgIpc) is 3.31. The minimum absolute atomic E-state index is 0.146. The fourth-order valence-corrected chi connectivity index (χ4v) is 3.21. The van der Waals surface area contributed by atoms with Crippen molar-refractivity contribution in [3.8, 4) is 0 Å². The molecule has 0 N–H and O–H groups in total. The molecule has 3 aromatic heterocycles. The van der Waals surface area contributed by atoms with Crippen LogP contribution >= 0.6 is 0 Å². The summed E-state index contributed by atoms with van der Waals surface area (Å²) in [5.74, 6) is 1.48. The van der Waals surface area contributed by atoms with Crippen LogP contribution in [0.1, 0.15) is 59.5 Å². The van der Waals surface area contributed by atoms with Crippen molar-refractivity contribution in [1.29, 1.82) is 0 Å². The third kappa shape index (κ3) is 2.65. The van der Waals surface area contributed by atoms with Gasteiger partial charge in [-0.1, -0.05) is 12.1 Å². The minimum Gasteiger partial charge on any atom is -0.339 e. The number of carbonyl (C=O) groups excluding carboxylic acids is 1. The highest BCUT2D eigenvalue weighted by molar-refractivity contribution is 5.91. The summed E-state index contributed by atoms with van der Waals surface area (Å²) >= 11 is 0. The second-order valence-electron chi connectivity index (χ2n) is 6.24. The number of nitrogens with zero attached hydrogens (tertiary/aromatic N) is 7. The molecule has 0 aromatic carbocycles. The van der Waals surface area contributed by atoms with E-state index in [1.54, 1.807) is 9.42 Å². The van der Waals surface area contributed by atoms with E-state index in [0.29, 0.717) is 30.5 Å². The summed E-state index contributed by atoms with van der Waals surface area (Å²) in [7, 11) is 0. The van der Waals surface area contributed by atoms with E-state index in [0.717, 1.165) is 24.2 Å². The molecule has 0 aliphatic carbocycles. The molecule has 130 valence electrons. The summed E-state index contributed by atoms with van der Waals surface area (Å²) in [5, 5.41) is 8.36. The van der Waals surface area contributed by atoms with Gasteiger partial charge in [-0.05, 0) is 32.8 Å². The van der Waals surface area contributed by atoms with Crippen LogP contribution in [0.3, 0.4) is 0 Å². The van der Waals surface area contributed by atoms with E-state index >= 15 is 0 Å². The summed E-state index contributed by atoms with van der Waals surface area (Å²) in [6.45, 7) is 6.38. The van der Waals surface area contributed by atoms with E-state index in [2.05, 4.69) is 25.2 Å². The number of rotatable bonds is 3. The number of hydrogen-bond donors (Lipinski definition) is 0. The lowest BCUT2D eigenvalue weighted by Gasteiger charge is -2.20. The van der Waals surface area contributed by atoms with Crippen molar-refractivity contribution in [2.75, 3.05) is 6.54 Å². The molecule has 9 heteroatoms. The van der Waals surface area contributed by atoms with Crippen LogP contribution in [0.2, 0.25) is 0 Å². The van der Waals surface area contributed by atoms with Crippen molar-refractivity contribution in [2.45, 2.75) is 46.1 Å². The van der Waals surface area contributed by atoms with Gasteiger partial charge in [0.1, 0.15) is 0 Å². The molecule has 1 fully saturated rings. The summed E-state index contributed by atoms with van der Waals surface area (Å²) in [5.41, 5.74) is 1.73. The molecule has 0 spiro atoms. The van der Waals surface area contributed by atoms with Crippen LogP contribution in [-0.2, 0) is 6.42 Å².